The van der Waals surface area contributed by atoms with Crippen LogP contribution in [0.15, 0.2) is 36.5 Å². The highest BCUT2D eigenvalue weighted by Gasteiger charge is 2.04. The molecular formula is C15H17N3O3. The minimum absolute atomic E-state index is 0.247. The molecule has 0 aliphatic rings. The lowest BCUT2D eigenvalue weighted by Crippen LogP contribution is -2.08. The number of carbonyl (C=O) groups is 1. The van der Waals surface area contributed by atoms with Crippen molar-refractivity contribution in [2.45, 2.75) is 0 Å². The summed E-state index contributed by atoms with van der Waals surface area (Å²) >= 11 is 0. The van der Waals surface area contributed by atoms with E-state index >= 15 is 0 Å². The molecule has 0 unspecified atom stereocenters. The zero-order valence-electron chi connectivity index (χ0n) is 12.2. The minimum atomic E-state index is -0.247. The molecule has 0 saturated heterocycles. The number of amides is 1. The van der Waals surface area contributed by atoms with Crippen molar-refractivity contribution >= 4 is 17.8 Å². The van der Waals surface area contributed by atoms with Gasteiger partial charge in [-0.3, -0.25) is 9.48 Å². The molecule has 0 saturated carbocycles. The molecular weight excluding hydrogens is 270 g/mol. The highest BCUT2D eigenvalue weighted by molar-refractivity contribution is 6.01. The van der Waals surface area contributed by atoms with Gasteiger partial charge >= 0.3 is 0 Å². The van der Waals surface area contributed by atoms with E-state index in [0.29, 0.717) is 17.3 Å². The Kier molecular flexibility index (Phi) is 4.61. The second-order valence-corrected chi connectivity index (χ2v) is 4.31. The Morgan fingerprint density at radius 1 is 1.24 bits per heavy atom. The standard InChI is InChI=1S/C15H17N3O3/c1-18-9-8-14(17-18)16-15(19)7-5-11-4-6-12(20-2)13(10-11)21-3/h4-10H,1-3H3,(H,16,17,19)/b7-5+. The summed E-state index contributed by atoms with van der Waals surface area (Å²) in [6.45, 7) is 0. The monoisotopic (exact) mass is 287 g/mol. The van der Waals surface area contributed by atoms with Crippen LogP contribution in [-0.2, 0) is 11.8 Å². The molecule has 21 heavy (non-hydrogen) atoms. The smallest absolute Gasteiger partial charge is 0.249 e. The summed E-state index contributed by atoms with van der Waals surface area (Å²) < 4.78 is 12.0. The van der Waals surface area contributed by atoms with Gasteiger partial charge in [-0.1, -0.05) is 6.07 Å². The van der Waals surface area contributed by atoms with E-state index in [9.17, 15) is 4.79 Å². The number of aryl methyl sites for hydroxylation is 1. The number of aromatic nitrogens is 2. The van der Waals surface area contributed by atoms with E-state index in [0.717, 1.165) is 5.56 Å². The van der Waals surface area contributed by atoms with Crippen LogP contribution in [0, 0.1) is 0 Å². The highest BCUT2D eigenvalue weighted by Crippen LogP contribution is 2.27. The normalized spacial score (nSPS) is 10.6. The Labute approximate surface area is 123 Å². The minimum Gasteiger partial charge on any atom is -0.493 e. The molecule has 6 nitrogen and oxygen atoms in total. The molecule has 1 heterocycles. The Morgan fingerprint density at radius 3 is 2.62 bits per heavy atom. The predicted octanol–water partition coefficient (Wildman–Crippen LogP) is 2.09. The summed E-state index contributed by atoms with van der Waals surface area (Å²) in [7, 11) is 4.93. The van der Waals surface area contributed by atoms with Gasteiger partial charge in [-0.05, 0) is 23.8 Å². The zero-order chi connectivity index (χ0) is 15.2. The number of rotatable bonds is 5. The quantitative estimate of drug-likeness (QED) is 0.855. The van der Waals surface area contributed by atoms with E-state index in [1.54, 1.807) is 56.4 Å². The average Bonchev–Trinajstić information content (AvgIpc) is 2.89. The summed E-state index contributed by atoms with van der Waals surface area (Å²) in [5, 5.41) is 6.74. The Hall–Kier alpha value is -2.76. The van der Waals surface area contributed by atoms with E-state index in [1.807, 2.05) is 6.07 Å². The average molecular weight is 287 g/mol. The van der Waals surface area contributed by atoms with Crippen LogP contribution in [0.5, 0.6) is 11.5 Å². The number of hydrogen-bond acceptors (Lipinski definition) is 4. The number of ether oxygens (including phenoxy) is 2. The fourth-order valence-electron chi connectivity index (χ4n) is 1.78. The fraction of sp³-hybridized carbons (Fsp3) is 0.200. The number of methoxy groups -OCH3 is 2. The molecule has 2 rings (SSSR count). The molecule has 0 aliphatic heterocycles. The van der Waals surface area contributed by atoms with Crippen molar-refractivity contribution in [1.29, 1.82) is 0 Å². The zero-order valence-corrected chi connectivity index (χ0v) is 12.2. The van der Waals surface area contributed by atoms with Crippen LogP contribution in [0.25, 0.3) is 6.08 Å². The van der Waals surface area contributed by atoms with Gasteiger partial charge in [0.1, 0.15) is 0 Å². The number of nitrogens with one attached hydrogen (secondary N) is 1. The van der Waals surface area contributed by atoms with Gasteiger partial charge in [0.05, 0.1) is 14.2 Å². The van der Waals surface area contributed by atoms with E-state index in [1.165, 1.54) is 6.08 Å². The van der Waals surface area contributed by atoms with Gasteiger partial charge in [0, 0.05) is 25.4 Å². The summed E-state index contributed by atoms with van der Waals surface area (Å²) in [6.07, 6.45) is 4.89. The molecule has 1 amide bonds. The lowest BCUT2D eigenvalue weighted by atomic mass is 10.2. The Morgan fingerprint density at radius 2 is 2.00 bits per heavy atom. The fourth-order valence-corrected chi connectivity index (χ4v) is 1.78. The van der Waals surface area contributed by atoms with Crippen molar-refractivity contribution in [3.8, 4) is 11.5 Å². The summed E-state index contributed by atoms with van der Waals surface area (Å²) in [4.78, 5) is 11.8. The van der Waals surface area contributed by atoms with Crippen molar-refractivity contribution in [3.63, 3.8) is 0 Å². The number of benzene rings is 1. The first-order valence-electron chi connectivity index (χ1n) is 6.33. The van der Waals surface area contributed by atoms with Crippen LogP contribution >= 0.6 is 0 Å². The van der Waals surface area contributed by atoms with Crippen LogP contribution in [0.4, 0.5) is 5.82 Å². The predicted molar refractivity (Wildman–Crippen MR) is 80.4 cm³/mol. The first kappa shape index (κ1) is 14.6. The van der Waals surface area contributed by atoms with Gasteiger partial charge in [0.25, 0.3) is 0 Å². The lowest BCUT2D eigenvalue weighted by Gasteiger charge is -2.07. The maximum absolute atomic E-state index is 11.8. The molecule has 0 atom stereocenters. The molecule has 1 N–H and O–H groups in total. The van der Waals surface area contributed by atoms with Crippen molar-refractivity contribution in [2.75, 3.05) is 19.5 Å². The maximum atomic E-state index is 11.8. The van der Waals surface area contributed by atoms with E-state index in [2.05, 4.69) is 10.4 Å². The Balaban J connectivity index is 2.04. The van der Waals surface area contributed by atoms with Gasteiger partial charge in [0.2, 0.25) is 5.91 Å². The van der Waals surface area contributed by atoms with Crippen LogP contribution in [0.1, 0.15) is 5.56 Å². The van der Waals surface area contributed by atoms with Gasteiger partial charge < -0.3 is 14.8 Å². The number of nitrogens with zero attached hydrogens (tertiary/aromatic N) is 2. The third kappa shape index (κ3) is 3.85. The van der Waals surface area contributed by atoms with Crippen LogP contribution in [-0.4, -0.2) is 29.9 Å². The van der Waals surface area contributed by atoms with E-state index < -0.39 is 0 Å². The summed E-state index contributed by atoms with van der Waals surface area (Å²) in [5.74, 6) is 1.53. The van der Waals surface area contributed by atoms with Crippen molar-refractivity contribution < 1.29 is 14.3 Å². The van der Waals surface area contributed by atoms with Crippen LogP contribution < -0.4 is 14.8 Å². The first-order valence-corrected chi connectivity index (χ1v) is 6.33. The van der Waals surface area contributed by atoms with Crippen LogP contribution in [0.2, 0.25) is 0 Å². The second kappa shape index (κ2) is 6.60. The molecule has 2 aromatic rings. The molecule has 6 heteroatoms. The molecule has 0 bridgehead atoms. The SMILES string of the molecule is COc1ccc(/C=C/C(=O)Nc2ccn(C)n2)cc1OC. The molecule has 110 valence electrons. The van der Waals surface area contributed by atoms with Gasteiger partial charge in [0.15, 0.2) is 17.3 Å². The molecule has 0 spiro atoms. The lowest BCUT2D eigenvalue weighted by molar-refractivity contribution is -0.111. The van der Waals surface area contributed by atoms with Gasteiger partial charge in [-0.2, -0.15) is 5.10 Å². The van der Waals surface area contributed by atoms with Crippen molar-refractivity contribution in [2.24, 2.45) is 7.05 Å². The number of carbonyl (C=O) groups excluding carboxylic acids is 1. The number of anilines is 1. The summed E-state index contributed by atoms with van der Waals surface area (Å²) in [6, 6.07) is 7.15. The molecule has 0 aliphatic carbocycles. The molecule has 0 fully saturated rings. The van der Waals surface area contributed by atoms with Crippen LogP contribution in [0.3, 0.4) is 0 Å². The molecule has 0 radical (unpaired) electrons. The van der Waals surface area contributed by atoms with Crippen molar-refractivity contribution in [1.82, 2.24) is 9.78 Å². The largest absolute Gasteiger partial charge is 0.493 e. The molecule has 1 aromatic heterocycles. The summed E-state index contributed by atoms with van der Waals surface area (Å²) in [5.41, 5.74) is 0.837. The van der Waals surface area contributed by atoms with E-state index in [4.69, 9.17) is 9.47 Å². The second-order valence-electron chi connectivity index (χ2n) is 4.31. The first-order chi connectivity index (χ1) is 10.1. The topological polar surface area (TPSA) is 65.4 Å². The van der Waals surface area contributed by atoms with E-state index in [-0.39, 0.29) is 5.91 Å². The third-order valence-corrected chi connectivity index (χ3v) is 2.80. The van der Waals surface area contributed by atoms with Gasteiger partial charge in [-0.25, -0.2) is 0 Å². The maximum Gasteiger partial charge on any atom is 0.249 e. The Bertz CT molecular complexity index is 662. The third-order valence-electron chi connectivity index (χ3n) is 2.80. The highest BCUT2D eigenvalue weighted by atomic mass is 16.5. The molecule has 1 aromatic carbocycles. The van der Waals surface area contributed by atoms with Crippen molar-refractivity contribution in [3.05, 3.63) is 42.1 Å². The number of hydrogen-bond donors (Lipinski definition) is 1. The van der Waals surface area contributed by atoms with Gasteiger partial charge in [-0.15, -0.1) is 0 Å².